The highest BCUT2D eigenvalue weighted by Gasteiger charge is 2.28. The molecule has 2 nitrogen and oxygen atoms in total. The fourth-order valence-electron chi connectivity index (χ4n) is 1.63. The second-order valence-electron chi connectivity index (χ2n) is 3.37. The molecular weight excluding hydrogens is 184 g/mol. The molecular formula is C7H13ClO2S. The largest absolute Gasteiger partial charge is 0.235 e. The summed E-state index contributed by atoms with van der Waals surface area (Å²) < 4.78 is 21.8. The van der Waals surface area contributed by atoms with Crippen molar-refractivity contribution in [3.8, 4) is 0 Å². The highest BCUT2D eigenvalue weighted by atomic mass is 35.7. The zero-order chi connectivity index (χ0) is 8.48. The maximum atomic E-state index is 10.9. The first kappa shape index (κ1) is 9.33. The standard InChI is InChI=1S/C7H13ClO2S/c1-6-3-2-4-7(5-6)11(8,9)10/h6-7H,2-5H2,1H3/t6-,7?/m0/s1. The van der Waals surface area contributed by atoms with Gasteiger partial charge in [-0.2, -0.15) is 0 Å². The van der Waals surface area contributed by atoms with Crippen LogP contribution < -0.4 is 0 Å². The second kappa shape index (κ2) is 3.31. The number of halogens is 1. The number of hydrogen-bond donors (Lipinski definition) is 0. The van der Waals surface area contributed by atoms with Gasteiger partial charge in [-0.15, -0.1) is 0 Å². The Morgan fingerprint density at radius 1 is 1.36 bits per heavy atom. The van der Waals surface area contributed by atoms with E-state index in [-0.39, 0.29) is 5.25 Å². The van der Waals surface area contributed by atoms with Crippen LogP contribution in [0.15, 0.2) is 0 Å². The summed E-state index contributed by atoms with van der Waals surface area (Å²) in [4.78, 5) is 0. The van der Waals surface area contributed by atoms with E-state index in [1.807, 2.05) is 0 Å². The maximum absolute atomic E-state index is 10.9. The van der Waals surface area contributed by atoms with Crippen LogP contribution in [0.5, 0.6) is 0 Å². The molecule has 66 valence electrons. The quantitative estimate of drug-likeness (QED) is 0.603. The summed E-state index contributed by atoms with van der Waals surface area (Å²) in [5.41, 5.74) is 0. The molecule has 0 saturated heterocycles. The van der Waals surface area contributed by atoms with Crippen LogP contribution in [-0.4, -0.2) is 13.7 Å². The summed E-state index contributed by atoms with van der Waals surface area (Å²) in [6.07, 6.45) is 3.63. The van der Waals surface area contributed by atoms with Gasteiger partial charge < -0.3 is 0 Å². The van der Waals surface area contributed by atoms with Gasteiger partial charge in [0.15, 0.2) is 0 Å². The molecule has 1 unspecified atom stereocenters. The fraction of sp³-hybridized carbons (Fsp3) is 1.00. The Morgan fingerprint density at radius 3 is 2.36 bits per heavy atom. The molecule has 0 bridgehead atoms. The minimum atomic E-state index is -3.29. The summed E-state index contributed by atoms with van der Waals surface area (Å²) >= 11 is 0. The van der Waals surface area contributed by atoms with Crippen LogP contribution in [-0.2, 0) is 9.05 Å². The van der Waals surface area contributed by atoms with Crippen molar-refractivity contribution >= 4 is 19.7 Å². The van der Waals surface area contributed by atoms with Gasteiger partial charge in [0.25, 0.3) is 0 Å². The topological polar surface area (TPSA) is 34.1 Å². The zero-order valence-electron chi connectivity index (χ0n) is 6.59. The molecule has 0 radical (unpaired) electrons. The first-order chi connectivity index (χ1) is 5.00. The van der Waals surface area contributed by atoms with Crippen LogP contribution in [0.25, 0.3) is 0 Å². The minimum Gasteiger partial charge on any atom is -0.212 e. The lowest BCUT2D eigenvalue weighted by atomic mass is 9.91. The zero-order valence-corrected chi connectivity index (χ0v) is 8.16. The third kappa shape index (κ3) is 2.64. The summed E-state index contributed by atoms with van der Waals surface area (Å²) in [7, 11) is 1.96. The Labute approximate surface area is 72.4 Å². The molecule has 11 heavy (non-hydrogen) atoms. The Morgan fingerprint density at radius 2 is 2.00 bits per heavy atom. The van der Waals surface area contributed by atoms with E-state index in [1.54, 1.807) is 0 Å². The van der Waals surface area contributed by atoms with Crippen LogP contribution in [0.2, 0.25) is 0 Å². The van der Waals surface area contributed by atoms with E-state index in [1.165, 1.54) is 0 Å². The summed E-state index contributed by atoms with van der Waals surface area (Å²) in [5, 5.41) is -0.284. The molecule has 0 amide bonds. The van der Waals surface area contributed by atoms with Crippen LogP contribution in [0, 0.1) is 5.92 Å². The molecule has 1 rings (SSSR count). The Hall–Kier alpha value is 0.240. The van der Waals surface area contributed by atoms with E-state index in [4.69, 9.17) is 10.7 Å². The van der Waals surface area contributed by atoms with Gasteiger partial charge in [0.05, 0.1) is 5.25 Å². The van der Waals surface area contributed by atoms with Crippen molar-refractivity contribution in [2.75, 3.05) is 0 Å². The van der Waals surface area contributed by atoms with Gasteiger partial charge in [-0.25, -0.2) is 8.42 Å². The van der Waals surface area contributed by atoms with Gasteiger partial charge in [0, 0.05) is 10.7 Å². The highest BCUT2D eigenvalue weighted by Crippen LogP contribution is 2.29. The van der Waals surface area contributed by atoms with Gasteiger partial charge in [-0.05, 0) is 18.8 Å². The third-order valence-corrected chi connectivity index (χ3v) is 4.27. The molecule has 0 spiro atoms. The van der Waals surface area contributed by atoms with Crippen molar-refractivity contribution in [1.82, 2.24) is 0 Å². The van der Waals surface area contributed by atoms with Crippen molar-refractivity contribution in [1.29, 1.82) is 0 Å². The summed E-state index contributed by atoms with van der Waals surface area (Å²) in [6, 6.07) is 0. The normalized spacial score (nSPS) is 33.6. The second-order valence-corrected chi connectivity index (χ2v) is 6.28. The molecule has 1 aliphatic rings. The van der Waals surface area contributed by atoms with Crippen LogP contribution in [0.1, 0.15) is 32.6 Å². The lowest BCUT2D eigenvalue weighted by molar-refractivity contribution is 0.384. The van der Waals surface area contributed by atoms with Crippen LogP contribution in [0.4, 0.5) is 0 Å². The predicted molar refractivity (Wildman–Crippen MR) is 46.2 cm³/mol. The molecule has 4 heteroatoms. The molecule has 0 aromatic rings. The van der Waals surface area contributed by atoms with E-state index < -0.39 is 9.05 Å². The van der Waals surface area contributed by atoms with Crippen molar-refractivity contribution in [2.24, 2.45) is 5.92 Å². The van der Waals surface area contributed by atoms with Gasteiger partial charge in [0.2, 0.25) is 9.05 Å². The minimum absolute atomic E-state index is 0.284. The summed E-state index contributed by atoms with van der Waals surface area (Å²) in [5.74, 6) is 0.516. The van der Waals surface area contributed by atoms with Crippen molar-refractivity contribution < 1.29 is 8.42 Å². The van der Waals surface area contributed by atoms with Crippen LogP contribution in [0.3, 0.4) is 0 Å². The smallest absolute Gasteiger partial charge is 0.212 e. The van der Waals surface area contributed by atoms with E-state index >= 15 is 0 Å². The molecule has 0 aliphatic heterocycles. The number of hydrogen-bond acceptors (Lipinski definition) is 2. The molecule has 0 aromatic carbocycles. The first-order valence-electron chi connectivity index (χ1n) is 3.93. The van der Waals surface area contributed by atoms with Gasteiger partial charge in [0.1, 0.15) is 0 Å². The number of rotatable bonds is 1. The van der Waals surface area contributed by atoms with E-state index in [0.29, 0.717) is 5.92 Å². The van der Waals surface area contributed by atoms with E-state index in [9.17, 15) is 8.42 Å². The predicted octanol–water partition coefficient (Wildman–Crippen LogP) is 2.13. The molecule has 1 saturated carbocycles. The monoisotopic (exact) mass is 196 g/mol. The van der Waals surface area contributed by atoms with Gasteiger partial charge in [-0.3, -0.25) is 0 Å². The average molecular weight is 197 g/mol. The third-order valence-electron chi connectivity index (χ3n) is 2.29. The first-order valence-corrected chi connectivity index (χ1v) is 6.31. The van der Waals surface area contributed by atoms with E-state index in [2.05, 4.69) is 6.92 Å². The average Bonchev–Trinajstić information content (AvgIpc) is 1.86. The van der Waals surface area contributed by atoms with E-state index in [0.717, 1.165) is 25.7 Å². The molecule has 0 N–H and O–H groups in total. The summed E-state index contributed by atoms with van der Waals surface area (Å²) in [6.45, 7) is 2.08. The lowest BCUT2D eigenvalue weighted by Gasteiger charge is -2.23. The molecule has 0 aromatic heterocycles. The van der Waals surface area contributed by atoms with Gasteiger partial charge in [-0.1, -0.05) is 19.8 Å². The molecule has 2 atom stereocenters. The van der Waals surface area contributed by atoms with Crippen molar-refractivity contribution in [2.45, 2.75) is 37.9 Å². The Balaban J connectivity index is 2.60. The highest BCUT2D eigenvalue weighted by molar-refractivity contribution is 8.14. The molecule has 1 fully saturated rings. The van der Waals surface area contributed by atoms with Crippen LogP contribution >= 0.6 is 10.7 Å². The maximum Gasteiger partial charge on any atom is 0.235 e. The SMILES string of the molecule is C[C@H]1CCCC(S(=O)(=O)Cl)C1. The molecule has 1 aliphatic carbocycles. The van der Waals surface area contributed by atoms with Gasteiger partial charge >= 0.3 is 0 Å². The Kier molecular flexibility index (Phi) is 2.81. The molecule has 0 heterocycles. The lowest BCUT2D eigenvalue weighted by Crippen LogP contribution is -2.23. The van der Waals surface area contributed by atoms with Crippen molar-refractivity contribution in [3.05, 3.63) is 0 Å². The fourth-order valence-corrected chi connectivity index (χ4v) is 3.13. The Bertz CT molecular complexity index is 223. The van der Waals surface area contributed by atoms with Crippen molar-refractivity contribution in [3.63, 3.8) is 0 Å².